The summed E-state index contributed by atoms with van der Waals surface area (Å²) in [6, 6.07) is 24.7. The van der Waals surface area contributed by atoms with Crippen LogP contribution in [0.15, 0.2) is 95.4 Å². The van der Waals surface area contributed by atoms with Crippen LogP contribution < -0.4 is 0 Å². The van der Waals surface area contributed by atoms with E-state index in [1.54, 1.807) is 36.4 Å². The molecule has 0 aromatic heterocycles. The summed E-state index contributed by atoms with van der Waals surface area (Å²) in [6.45, 7) is 7.40. The van der Waals surface area contributed by atoms with Gasteiger partial charge in [-0.2, -0.15) is 4.31 Å². The minimum Gasteiger partial charge on any atom is -0.300 e. The number of sulfonamides is 1. The molecule has 3 aromatic carbocycles. The van der Waals surface area contributed by atoms with Gasteiger partial charge in [0.15, 0.2) is 5.78 Å². The van der Waals surface area contributed by atoms with Crippen molar-refractivity contribution in [1.82, 2.24) is 4.31 Å². The zero-order chi connectivity index (χ0) is 26.7. The number of carbonyl (C=O) groups excluding carboxylic acids is 2. The Morgan fingerprint density at radius 1 is 0.892 bits per heavy atom. The van der Waals surface area contributed by atoms with Crippen LogP contribution in [-0.2, 0) is 14.8 Å². The van der Waals surface area contributed by atoms with Gasteiger partial charge in [0.1, 0.15) is 5.78 Å². The van der Waals surface area contributed by atoms with E-state index in [1.807, 2.05) is 69.3 Å². The molecule has 1 aliphatic rings. The van der Waals surface area contributed by atoms with Crippen LogP contribution in [0.25, 0.3) is 5.57 Å². The molecule has 37 heavy (non-hydrogen) atoms. The molecule has 2 unspecified atom stereocenters. The number of nitrogens with zero attached hydrogens (tertiary/aromatic N) is 1. The van der Waals surface area contributed by atoms with Crippen molar-refractivity contribution in [2.75, 3.05) is 6.54 Å². The van der Waals surface area contributed by atoms with Crippen molar-refractivity contribution < 1.29 is 18.0 Å². The zero-order valence-corrected chi connectivity index (χ0v) is 22.5. The summed E-state index contributed by atoms with van der Waals surface area (Å²) >= 11 is 0. The van der Waals surface area contributed by atoms with Crippen molar-refractivity contribution >= 4 is 27.2 Å². The lowest BCUT2D eigenvalue weighted by atomic mass is 9.75. The molecule has 0 bridgehead atoms. The lowest BCUT2D eigenvalue weighted by Gasteiger charge is -2.43. The molecule has 3 aromatic rings. The van der Waals surface area contributed by atoms with E-state index in [9.17, 15) is 18.0 Å². The Hall–Kier alpha value is -3.35. The van der Waals surface area contributed by atoms with Crippen molar-refractivity contribution in [3.05, 3.63) is 107 Å². The van der Waals surface area contributed by atoms with Gasteiger partial charge in [-0.3, -0.25) is 4.79 Å². The average Bonchev–Trinajstić information content (AvgIpc) is 2.88. The standard InChI is InChI=1S/C31H33NO4S/c1-21(2)30-28(24-11-7-5-8-12-24)29(31(34)25-13-9-6-10-14-25)26(19-23(4)33)20-32(30)37(35,36)27-17-15-22(3)16-18-27/h5-18,21,26,30H,19-20H2,1-4H3. The highest BCUT2D eigenvalue weighted by Crippen LogP contribution is 2.43. The second-order valence-electron chi connectivity index (χ2n) is 10.1. The van der Waals surface area contributed by atoms with Gasteiger partial charge in [0.25, 0.3) is 0 Å². The maximum absolute atomic E-state index is 14.1. The van der Waals surface area contributed by atoms with Crippen LogP contribution in [-0.4, -0.2) is 36.9 Å². The predicted octanol–water partition coefficient (Wildman–Crippen LogP) is 5.96. The number of carbonyl (C=O) groups is 2. The fourth-order valence-electron chi connectivity index (χ4n) is 5.21. The second kappa shape index (κ2) is 11.0. The molecule has 2 atom stereocenters. The molecule has 0 aliphatic carbocycles. The first-order valence-electron chi connectivity index (χ1n) is 12.6. The fourth-order valence-corrected chi connectivity index (χ4v) is 6.99. The van der Waals surface area contributed by atoms with E-state index < -0.39 is 22.0 Å². The second-order valence-corrected chi connectivity index (χ2v) is 12.0. The largest absolute Gasteiger partial charge is 0.300 e. The average molecular weight is 516 g/mol. The number of ketones is 2. The highest BCUT2D eigenvalue weighted by molar-refractivity contribution is 7.89. The summed E-state index contributed by atoms with van der Waals surface area (Å²) in [5.41, 5.74) is 3.49. The molecule has 0 saturated carbocycles. The van der Waals surface area contributed by atoms with Crippen molar-refractivity contribution in [3.8, 4) is 0 Å². The third-order valence-corrected chi connectivity index (χ3v) is 8.72. The molecule has 0 fully saturated rings. The number of hydrogen-bond donors (Lipinski definition) is 0. The highest BCUT2D eigenvalue weighted by atomic mass is 32.2. The first kappa shape index (κ1) is 26.7. The van der Waals surface area contributed by atoms with Gasteiger partial charge in [-0.25, -0.2) is 8.42 Å². The lowest BCUT2D eigenvalue weighted by Crippen LogP contribution is -2.51. The van der Waals surface area contributed by atoms with E-state index in [1.165, 1.54) is 11.2 Å². The van der Waals surface area contributed by atoms with E-state index >= 15 is 0 Å². The quantitative estimate of drug-likeness (QED) is 0.347. The number of rotatable bonds is 8. The Morgan fingerprint density at radius 2 is 1.46 bits per heavy atom. The van der Waals surface area contributed by atoms with Crippen molar-refractivity contribution in [3.63, 3.8) is 0 Å². The highest BCUT2D eigenvalue weighted by Gasteiger charge is 2.45. The predicted molar refractivity (Wildman–Crippen MR) is 147 cm³/mol. The smallest absolute Gasteiger partial charge is 0.243 e. The van der Waals surface area contributed by atoms with Crippen LogP contribution in [0, 0.1) is 18.8 Å². The number of hydrogen-bond acceptors (Lipinski definition) is 4. The number of aryl methyl sites for hydroxylation is 1. The third kappa shape index (κ3) is 5.50. The third-order valence-electron chi connectivity index (χ3n) is 6.86. The van der Waals surface area contributed by atoms with Crippen LogP contribution in [0.2, 0.25) is 0 Å². The van der Waals surface area contributed by atoms with E-state index in [0.717, 1.165) is 11.1 Å². The molecule has 1 aliphatic heterocycles. The molecule has 4 rings (SSSR count). The van der Waals surface area contributed by atoms with Gasteiger partial charge >= 0.3 is 0 Å². The van der Waals surface area contributed by atoms with Crippen LogP contribution >= 0.6 is 0 Å². The first-order chi connectivity index (χ1) is 17.6. The molecule has 0 amide bonds. The zero-order valence-electron chi connectivity index (χ0n) is 21.7. The summed E-state index contributed by atoms with van der Waals surface area (Å²) in [6.07, 6.45) is 0.0783. The Bertz CT molecular complexity index is 1410. The van der Waals surface area contributed by atoms with Crippen molar-refractivity contribution in [2.45, 2.75) is 45.1 Å². The summed E-state index contributed by atoms with van der Waals surface area (Å²) in [5, 5.41) is 0. The normalized spacial score (nSPS) is 18.7. The van der Waals surface area contributed by atoms with Gasteiger partial charge < -0.3 is 4.79 Å². The van der Waals surface area contributed by atoms with Crippen LogP contribution in [0.1, 0.15) is 48.7 Å². The SMILES string of the molecule is CC(=O)CC1CN(S(=O)(=O)c2ccc(C)cc2)C(C(C)C)C(c2ccccc2)=C1C(=O)c1ccccc1. The Morgan fingerprint density at radius 3 is 2.00 bits per heavy atom. The summed E-state index contributed by atoms with van der Waals surface area (Å²) in [4.78, 5) is 26.7. The first-order valence-corrected chi connectivity index (χ1v) is 14.0. The summed E-state index contributed by atoms with van der Waals surface area (Å²) < 4.78 is 29.7. The number of Topliss-reactive ketones (excluding diaryl/α,β-unsaturated/α-hetero) is 2. The van der Waals surface area contributed by atoms with Gasteiger partial charge in [0.2, 0.25) is 10.0 Å². The van der Waals surface area contributed by atoms with Gasteiger partial charge in [-0.15, -0.1) is 0 Å². The van der Waals surface area contributed by atoms with Crippen LogP contribution in [0.4, 0.5) is 0 Å². The Kier molecular flexibility index (Phi) is 7.90. The maximum atomic E-state index is 14.1. The monoisotopic (exact) mass is 515 g/mol. The molecular weight excluding hydrogens is 482 g/mol. The van der Waals surface area contributed by atoms with E-state index in [2.05, 4.69) is 0 Å². The fraction of sp³-hybridized carbons (Fsp3) is 0.290. The van der Waals surface area contributed by atoms with Gasteiger partial charge in [0, 0.05) is 30.0 Å². The topological polar surface area (TPSA) is 71.5 Å². The minimum absolute atomic E-state index is 0.0584. The molecular formula is C31H33NO4S. The van der Waals surface area contributed by atoms with E-state index in [0.29, 0.717) is 16.7 Å². The number of benzene rings is 3. The van der Waals surface area contributed by atoms with Crippen LogP contribution in [0.5, 0.6) is 0 Å². The Labute approximate surface area is 219 Å². The maximum Gasteiger partial charge on any atom is 0.243 e. The van der Waals surface area contributed by atoms with Gasteiger partial charge in [-0.1, -0.05) is 92.2 Å². The molecule has 1 heterocycles. The van der Waals surface area contributed by atoms with Crippen molar-refractivity contribution in [2.24, 2.45) is 11.8 Å². The van der Waals surface area contributed by atoms with Gasteiger partial charge in [0.05, 0.1) is 10.9 Å². The minimum atomic E-state index is -3.92. The summed E-state index contributed by atoms with van der Waals surface area (Å²) in [5.74, 6) is -0.960. The van der Waals surface area contributed by atoms with Crippen LogP contribution in [0.3, 0.4) is 0 Å². The summed E-state index contributed by atoms with van der Waals surface area (Å²) in [7, 11) is -3.92. The molecule has 0 saturated heterocycles. The molecule has 192 valence electrons. The molecule has 5 nitrogen and oxygen atoms in total. The van der Waals surface area contributed by atoms with Crippen molar-refractivity contribution in [1.29, 1.82) is 0 Å². The van der Waals surface area contributed by atoms with E-state index in [4.69, 9.17) is 0 Å². The lowest BCUT2D eigenvalue weighted by molar-refractivity contribution is -0.117. The molecule has 6 heteroatoms. The van der Waals surface area contributed by atoms with Gasteiger partial charge in [-0.05, 0) is 43.0 Å². The Balaban J connectivity index is 2.01. The molecule has 0 radical (unpaired) electrons. The molecule has 0 spiro atoms. The van der Waals surface area contributed by atoms with E-state index in [-0.39, 0.29) is 35.3 Å². The molecule has 0 N–H and O–H groups in total.